The third-order valence-electron chi connectivity index (χ3n) is 18.0. The van der Waals surface area contributed by atoms with E-state index in [1.54, 1.807) is 58.0 Å². The smallest absolute Gasteiger partial charge is 0.229 e. The first-order chi connectivity index (χ1) is 40.9. The van der Waals surface area contributed by atoms with Gasteiger partial charge in [-0.05, 0) is 158 Å². The molecule has 7 heterocycles. The van der Waals surface area contributed by atoms with Crippen molar-refractivity contribution in [2.24, 2.45) is 17.9 Å². The average molecular weight is 1270 g/mol. The number of carbonyl (C=O) groups is 1. The molecule has 24 heteroatoms. The van der Waals surface area contributed by atoms with E-state index in [-0.39, 0.29) is 16.8 Å². The molecule has 456 valence electrons. The molecule has 5 aliphatic rings. The quantitative estimate of drug-likeness (QED) is 0.0749. The van der Waals surface area contributed by atoms with Crippen molar-refractivity contribution in [1.29, 1.82) is 0 Å². The molecule has 3 aromatic heterocycles. The molecule has 2 spiro atoms. The highest BCUT2D eigenvalue weighted by Gasteiger charge is 2.43. The lowest BCUT2D eigenvalue weighted by Crippen LogP contribution is -2.58. The Hall–Kier alpha value is -6.17. The van der Waals surface area contributed by atoms with Crippen LogP contribution in [0.25, 0.3) is 10.9 Å². The van der Waals surface area contributed by atoms with Crippen LogP contribution in [0.1, 0.15) is 66.4 Å². The van der Waals surface area contributed by atoms with E-state index >= 15 is 0 Å². The van der Waals surface area contributed by atoms with Gasteiger partial charge in [-0.15, -0.1) is 0 Å². The fourth-order valence-corrected chi connectivity index (χ4v) is 17.0. The van der Waals surface area contributed by atoms with Gasteiger partial charge in [-0.25, -0.2) is 9.97 Å². The number of halogens is 3. The van der Waals surface area contributed by atoms with Crippen LogP contribution in [0.5, 0.6) is 11.5 Å². The zero-order chi connectivity index (χ0) is 61.0. The minimum absolute atomic E-state index is 0.0111. The highest BCUT2D eigenvalue weighted by Crippen LogP contribution is 2.48. The van der Waals surface area contributed by atoms with E-state index in [1.807, 2.05) is 43.4 Å². The van der Waals surface area contributed by atoms with E-state index in [2.05, 4.69) is 99.1 Å². The zero-order valence-electron chi connectivity index (χ0n) is 50.7. The number of nitrogens with one attached hydrogen (secondary N) is 4. The molecular formula is C62H77Cl3N14O5P2. The normalized spacial score (nSPS) is 17.7. The number of nitrogens with zero attached hydrogens (tertiary/aromatic N) is 10. The number of aromatic nitrogens is 6. The van der Waals surface area contributed by atoms with Gasteiger partial charge in [0.05, 0.1) is 77.1 Å². The number of rotatable bonds is 14. The maximum absolute atomic E-state index is 13.4. The predicted molar refractivity (Wildman–Crippen MR) is 353 cm³/mol. The first-order valence-corrected chi connectivity index (χ1v) is 35.6. The molecule has 19 nitrogen and oxygen atoms in total. The van der Waals surface area contributed by atoms with Gasteiger partial charge in [0.15, 0.2) is 17.4 Å². The molecule has 0 saturated carbocycles. The first-order valence-electron chi connectivity index (χ1n) is 29.2. The minimum Gasteiger partial charge on any atom is -0.494 e. The predicted octanol–water partition coefficient (Wildman–Crippen LogP) is 12.6. The topological polar surface area (TPSA) is 200 Å². The standard InChI is InChI=1S/C32H39Cl2N6O3P.C30H38ClN8O2P/c1-39-13-9-32(10-14-39)11-15-40(16-12-32)25-18-27(43-2)24(17-21(25)33)37-31-35-19-22(34)30(38-31)36-23-7-5-20-6-8-26(41)28(20)29(23)44(3,4)42;1-19-13-23(25(41-4)14-24(19)39-11-9-30(10-12-39)17-37(2)18-30)35-29-32-16-21(31)28(36-29)34-22-8-7-20-15-33-38(3)26(20)27(22)42(5,6)40/h5,7,17-19H,6,8-16H2,1-4H3,(H2,35,36,37,38);7-8,13-16H,9-12,17-18H2,1-6H3,(H2,32,34,35,36). The number of aryl methyl sites for hydroxylation is 3. The molecule has 0 amide bonds. The van der Waals surface area contributed by atoms with E-state index in [1.165, 1.54) is 76.6 Å². The number of likely N-dealkylation sites (tertiary alicyclic amines) is 2. The number of hydrogen-bond acceptors (Lipinski definition) is 18. The summed E-state index contributed by atoms with van der Waals surface area (Å²) < 4.78 is 40.1. The highest BCUT2D eigenvalue weighted by molar-refractivity contribution is 7.71. The monoisotopic (exact) mass is 1260 g/mol. The Balaban J connectivity index is 0.000000179. The molecule has 0 bridgehead atoms. The molecule has 7 aromatic rings. The number of ketones is 1. The Labute approximate surface area is 519 Å². The summed E-state index contributed by atoms with van der Waals surface area (Å²) in [6.07, 6.45) is 13.2. The van der Waals surface area contributed by atoms with Crippen LogP contribution in [0, 0.1) is 17.8 Å². The van der Waals surface area contributed by atoms with E-state index in [0.29, 0.717) is 96.0 Å². The lowest BCUT2D eigenvalue weighted by atomic mass is 9.71. The third-order valence-corrected chi connectivity index (χ3v) is 21.9. The van der Waals surface area contributed by atoms with Gasteiger partial charge >= 0.3 is 0 Å². The zero-order valence-corrected chi connectivity index (χ0v) is 54.8. The van der Waals surface area contributed by atoms with Gasteiger partial charge in [-0.2, -0.15) is 15.1 Å². The Bertz CT molecular complexity index is 3840. The molecule has 4 N–H and O–H groups in total. The van der Waals surface area contributed by atoms with Crippen molar-refractivity contribution in [2.75, 3.05) is 138 Å². The van der Waals surface area contributed by atoms with E-state index in [9.17, 15) is 13.9 Å². The largest absolute Gasteiger partial charge is 0.494 e. The van der Waals surface area contributed by atoms with Gasteiger partial charge in [0, 0.05) is 86.8 Å². The van der Waals surface area contributed by atoms with Crippen LogP contribution in [0.3, 0.4) is 0 Å². The molecule has 0 atom stereocenters. The van der Waals surface area contributed by atoms with Crippen LogP contribution < -0.4 is 51.1 Å². The second kappa shape index (κ2) is 24.4. The van der Waals surface area contributed by atoms with Gasteiger partial charge in [-0.3, -0.25) is 9.48 Å². The summed E-state index contributed by atoms with van der Waals surface area (Å²) in [5, 5.41) is 20.9. The lowest BCUT2D eigenvalue weighted by Gasteiger charge is -2.53. The van der Waals surface area contributed by atoms with Crippen molar-refractivity contribution >= 4 is 134 Å². The number of Topliss-reactive ketones (excluding diaryl/α,β-unsaturated/α-hetero) is 1. The number of methoxy groups -OCH3 is 2. The van der Waals surface area contributed by atoms with Crippen molar-refractivity contribution in [2.45, 2.75) is 58.3 Å². The second-order valence-corrected chi connectivity index (χ2v) is 32.4. The van der Waals surface area contributed by atoms with E-state index < -0.39 is 14.3 Å². The van der Waals surface area contributed by atoms with Crippen molar-refractivity contribution in [1.82, 2.24) is 39.5 Å². The highest BCUT2D eigenvalue weighted by atomic mass is 35.5. The maximum atomic E-state index is 13.4. The van der Waals surface area contributed by atoms with Crippen LogP contribution in [-0.4, -0.2) is 153 Å². The number of anilines is 10. The minimum atomic E-state index is -2.82. The van der Waals surface area contributed by atoms with Crippen molar-refractivity contribution in [3.05, 3.63) is 98.9 Å². The van der Waals surface area contributed by atoms with Crippen molar-refractivity contribution in [3.8, 4) is 11.5 Å². The SMILES string of the molecule is COc1cc(N2CCC3(CC2)CN(C)C3)c(C)cc1Nc1ncc(Cl)c(Nc2ccc3cnn(C)c3c2P(C)(C)=O)n1.COc1cc(N2CCC3(CCN(C)CC3)CC2)c(Cl)cc1Nc1ncc(Cl)c(Nc2ccc3c(c2P(C)(C)=O)C(=O)CC3)n1. The third kappa shape index (κ3) is 12.7. The lowest BCUT2D eigenvalue weighted by molar-refractivity contribution is 0.00130. The maximum Gasteiger partial charge on any atom is 0.229 e. The van der Waals surface area contributed by atoms with Crippen LogP contribution in [0.15, 0.2) is 67.1 Å². The second-order valence-electron chi connectivity index (χ2n) is 24.9. The molecule has 0 unspecified atom stereocenters. The van der Waals surface area contributed by atoms with E-state index in [4.69, 9.17) is 44.3 Å². The number of piperidine rings is 3. The molecule has 4 fully saturated rings. The summed E-state index contributed by atoms with van der Waals surface area (Å²) in [5.74, 6) is 2.71. The number of hydrogen-bond donors (Lipinski definition) is 4. The number of ether oxygens (including phenoxy) is 2. The Kier molecular flexibility index (Phi) is 17.5. The number of carbonyl (C=O) groups excluding carboxylic acids is 1. The average Bonchev–Trinajstić information content (AvgIpc) is 1.53. The van der Waals surface area contributed by atoms with Crippen LogP contribution in [-0.2, 0) is 22.6 Å². The molecule has 4 saturated heterocycles. The summed E-state index contributed by atoms with van der Waals surface area (Å²) in [7, 11) is 4.04. The van der Waals surface area contributed by atoms with Crippen LogP contribution >= 0.6 is 49.1 Å². The molecule has 4 aliphatic heterocycles. The number of fused-ring (bicyclic) bond motifs is 2. The summed E-state index contributed by atoms with van der Waals surface area (Å²) >= 11 is 19.9. The molecule has 0 radical (unpaired) electrons. The fraction of sp³-hybridized carbons (Fsp3) is 0.452. The van der Waals surface area contributed by atoms with Crippen LogP contribution in [0.4, 0.5) is 57.7 Å². The summed E-state index contributed by atoms with van der Waals surface area (Å²) in [5.41, 5.74) is 9.16. The molecule has 86 heavy (non-hydrogen) atoms. The fourth-order valence-electron chi connectivity index (χ4n) is 13.4. The van der Waals surface area contributed by atoms with Crippen molar-refractivity contribution < 1.29 is 23.4 Å². The van der Waals surface area contributed by atoms with Gasteiger partial charge in [0.25, 0.3) is 0 Å². The van der Waals surface area contributed by atoms with Gasteiger partial charge in [-0.1, -0.05) is 40.9 Å². The van der Waals surface area contributed by atoms with Gasteiger partial charge in [0.1, 0.15) is 35.8 Å². The Morgan fingerprint density at radius 1 is 0.570 bits per heavy atom. The first kappa shape index (κ1) is 61.5. The van der Waals surface area contributed by atoms with Crippen molar-refractivity contribution in [3.63, 3.8) is 0 Å². The molecule has 12 rings (SSSR count). The van der Waals surface area contributed by atoms with Gasteiger partial charge in [0.2, 0.25) is 11.9 Å². The molecular weight excluding hydrogens is 1190 g/mol. The van der Waals surface area contributed by atoms with Gasteiger partial charge < -0.3 is 59.5 Å². The Morgan fingerprint density at radius 2 is 1.08 bits per heavy atom. The number of benzene rings is 4. The van der Waals surface area contributed by atoms with E-state index in [0.717, 1.165) is 59.6 Å². The summed E-state index contributed by atoms with van der Waals surface area (Å²) in [6, 6.07) is 15.6. The summed E-state index contributed by atoms with van der Waals surface area (Å²) in [6.45, 7) is 17.8. The molecule has 4 aromatic carbocycles. The summed E-state index contributed by atoms with van der Waals surface area (Å²) in [4.78, 5) is 40.5. The van der Waals surface area contributed by atoms with Crippen LogP contribution in [0.2, 0.25) is 15.1 Å². The Morgan fingerprint density at radius 3 is 1.64 bits per heavy atom. The molecule has 1 aliphatic carbocycles.